The molecule has 0 aliphatic rings. The topological polar surface area (TPSA) is 40.5 Å². The molecule has 1 aromatic rings. The SMILES string of the molecule is CC(C)Cc1ccc([C@H](C)C(=O)O)cc1.CN(C)C. The zero-order valence-corrected chi connectivity index (χ0v) is 13.0. The molecule has 1 aromatic carbocycles. The molecule has 19 heavy (non-hydrogen) atoms. The summed E-state index contributed by atoms with van der Waals surface area (Å²) in [6, 6.07) is 7.87. The Morgan fingerprint density at radius 2 is 1.53 bits per heavy atom. The first-order valence-electron chi connectivity index (χ1n) is 6.66. The minimum atomic E-state index is -0.772. The molecule has 3 heteroatoms. The zero-order chi connectivity index (χ0) is 15.0. The third-order valence-corrected chi connectivity index (χ3v) is 2.49. The van der Waals surface area contributed by atoms with Gasteiger partial charge in [0.2, 0.25) is 0 Å². The van der Waals surface area contributed by atoms with Crippen LogP contribution in [0.3, 0.4) is 0 Å². The quantitative estimate of drug-likeness (QED) is 0.908. The zero-order valence-electron chi connectivity index (χ0n) is 13.0. The molecule has 0 aliphatic heterocycles. The molecule has 3 nitrogen and oxygen atoms in total. The van der Waals surface area contributed by atoms with Crippen LogP contribution in [-0.4, -0.2) is 37.1 Å². The number of hydrogen-bond donors (Lipinski definition) is 1. The van der Waals surface area contributed by atoms with Gasteiger partial charge < -0.3 is 10.0 Å². The molecule has 1 rings (SSSR count). The lowest BCUT2D eigenvalue weighted by molar-refractivity contribution is -0.138. The molecule has 0 saturated heterocycles. The second-order valence-corrected chi connectivity index (χ2v) is 5.74. The summed E-state index contributed by atoms with van der Waals surface area (Å²) in [6.45, 7) is 6.06. The van der Waals surface area contributed by atoms with Crippen LogP contribution < -0.4 is 0 Å². The van der Waals surface area contributed by atoms with Gasteiger partial charge in [-0.25, -0.2) is 0 Å². The average molecular weight is 265 g/mol. The standard InChI is InChI=1S/C13H18O2.C3H9N/c1-9(2)8-11-4-6-12(7-5-11)10(3)13(14)15;1-4(2)3/h4-7,9-10H,8H2,1-3H3,(H,14,15);1-3H3/t10-;/m0./s1. The molecule has 0 fully saturated rings. The number of aliphatic carboxylic acids is 1. The minimum Gasteiger partial charge on any atom is -0.481 e. The van der Waals surface area contributed by atoms with Crippen LogP contribution in [0.4, 0.5) is 0 Å². The van der Waals surface area contributed by atoms with Crippen molar-refractivity contribution in [2.75, 3.05) is 21.1 Å². The van der Waals surface area contributed by atoms with Gasteiger partial charge in [0.15, 0.2) is 0 Å². The van der Waals surface area contributed by atoms with Crippen molar-refractivity contribution in [2.24, 2.45) is 5.92 Å². The van der Waals surface area contributed by atoms with Gasteiger partial charge in [-0.1, -0.05) is 38.1 Å². The minimum absolute atomic E-state index is 0.418. The Morgan fingerprint density at radius 3 is 1.84 bits per heavy atom. The van der Waals surface area contributed by atoms with Crippen LogP contribution in [0.15, 0.2) is 24.3 Å². The molecule has 0 radical (unpaired) electrons. The van der Waals surface area contributed by atoms with E-state index in [-0.39, 0.29) is 0 Å². The maximum absolute atomic E-state index is 10.8. The number of carboxylic acids is 1. The first-order valence-corrected chi connectivity index (χ1v) is 6.66. The van der Waals surface area contributed by atoms with Gasteiger partial charge in [-0.15, -0.1) is 0 Å². The summed E-state index contributed by atoms with van der Waals surface area (Å²) in [6.07, 6.45) is 1.04. The highest BCUT2D eigenvalue weighted by atomic mass is 16.4. The molecule has 108 valence electrons. The number of rotatable bonds is 4. The van der Waals surface area contributed by atoms with Gasteiger partial charge in [0.05, 0.1) is 5.92 Å². The van der Waals surface area contributed by atoms with Crippen molar-refractivity contribution in [2.45, 2.75) is 33.1 Å². The van der Waals surface area contributed by atoms with E-state index in [0.717, 1.165) is 12.0 Å². The van der Waals surface area contributed by atoms with E-state index in [9.17, 15) is 4.79 Å². The summed E-state index contributed by atoms with van der Waals surface area (Å²) >= 11 is 0. The highest BCUT2D eigenvalue weighted by molar-refractivity contribution is 5.75. The molecule has 0 unspecified atom stereocenters. The second-order valence-electron chi connectivity index (χ2n) is 5.74. The van der Waals surface area contributed by atoms with Gasteiger partial charge in [-0.2, -0.15) is 0 Å². The number of nitrogens with zero attached hydrogens (tertiary/aromatic N) is 1. The lowest BCUT2D eigenvalue weighted by atomic mass is 9.97. The van der Waals surface area contributed by atoms with Crippen molar-refractivity contribution >= 4 is 5.97 Å². The molecule has 0 bridgehead atoms. The highest BCUT2D eigenvalue weighted by Crippen LogP contribution is 2.17. The lowest BCUT2D eigenvalue weighted by Gasteiger charge is -2.09. The van der Waals surface area contributed by atoms with Gasteiger partial charge >= 0.3 is 5.97 Å². The van der Waals surface area contributed by atoms with Crippen LogP contribution >= 0.6 is 0 Å². The Hall–Kier alpha value is -1.35. The summed E-state index contributed by atoms with van der Waals surface area (Å²) in [4.78, 5) is 12.8. The highest BCUT2D eigenvalue weighted by Gasteiger charge is 2.12. The van der Waals surface area contributed by atoms with Gasteiger partial charge in [-0.05, 0) is 51.5 Å². The van der Waals surface area contributed by atoms with Crippen LogP contribution in [0.2, 0.25) is 0 Å². The molecule has 0 saturated carbocycles. The van der Waals surface area contributed by atoms with Crippen LogP contribution in [0, 0.1) is 5.92 Å². The number of hydrogen-bond acceptors (Lipinski definition) is 2. The van der Waals surface area contributed by atoms with Crippen LogP contribution in [-0.2, 0) is 11.2 Å². The van der Waals surface area contributed by atoms with E-state index >= 15 is 0 Å². The molecule has 1 N–H and O–H groups in total. The maximum Gasteiger partial charge on any atom is 0.310 e. The monoisotopic (exact) mass is 265 g/mol. The van der Waals surface area contributed by atoms with Gasteiger partial charge in [-0.3, -0.25) is 4.79 Å². The Bertz CT molecular complexity index is 366. The number of benzene rings is 1. The summed E-state index contributed by atoms with van der Waals surface area (Å²) in [5, 5.41) is 8.85. The third kappa shape index (κ3) is 8.38. The Labute approximate surface area is 117 Å². The molecule has 0 aliphatic carbocycles. The van der Waals surface area contributed by atoms with Crippen molar-refractivity contribution in [3.63, 3.8) is 0 Å². The fourth-order valence-electron chi connectivity index (χ4n) is 1.56. The Balaban J connectivity index is 0.000000711. The van der Waals surface area contributed by atoms with Crippen LogP contribution in [0.5, 0.6) is 0 Å². The molecule has 0 heterocycles. The Morgan fingerprint density at radius 1 is 1.11 bits per heavy atom. The van der Waals surface area contributed by atoms with Crippen molar-refractivity contribution in [1.29, 1.82) is 0 Å². The molecule has 0 amide bonds. The van der Waals surface area contributed by atoms with Crippen LogP contribution in [0.1, 0.15) is 37.8 Å². The third-order valence-electron chi connectivity index (χ3n) is 2.49. The van der Waals surface area contributed by atoms with Gasteiger partial charge in [0.1, 0.15) is 0 Å². The van der Waals surface area contributed by atoms with Crippen molar-refractivity contribution in [1.82, 2.24) is 4.90 Å². The van der Waals surface area contributed by atoms with Crippen LogP contribution in [0.25, 0.3) is 0 Å². The van der Waals surface area contributed by atoms with E-state index in [4.69, 9.17) is 5.11 Å². The van der Waals surface area contributed by atoms with E-state index in [1.54, 1.807) is 6.92 Å². The average Bonchev–Trinajstić information content (AvgIpc) is 2.27. The van der Waals surface area contributed by atoms with Crippen molar-refractivity contribution in [3.05, 3.63) is 35.4 Å². The van der Waals surface area contributed by atoms with Crippen molar-refractivity contribution in [3.8, 4) is 0 Å². The smallest absolute Gasteiger partial charge is 0.310 e. The molecular formula is C16H27NO2. The van der Waals surface area contributed by atoms with Gasteiger partial charge in [0, 0.05) is 0 Å². The number of carbonyl (C=O) groups is 1. The molecule has 0 aromatic heterocycles. The molecule has 1 atom stereocenters. The predicted octanol–water partition coefficient (Wildman–Crippen LogP) is 3.25. The molecular weight excluding hydrogens is 238 g/mol. The predicted molar refractivity (Wildman–Crippen MR) is 80.6 cm³/mol. The van der Waals surface area contributed by atoms with E-state index < -0.39 is 11.9 Å². The van der Waals surface area contributed by atoms with E-state index in [1.165, 1.54) is 5.56 Å². The second kappa shape index (κ2) is 8.70. The molecule has 0 spiro atoms. The first-order chi connectivity index (χ1) is 8.73. The summed E-state index contributed by atoms with van der Waals surface area (Å²) in [7, 11) is 6.00. The fourth-order valence-corrected chi connectivity index (χ4v) is 1.56. The summed E-state index contributed by atoms with van der Waals surface area (Å²) < 4.78 is 0. The maximum atomic E-state index is 10.8. The van der Waals surface area contributed by atoms with Crippen molar-refractivity contribution < 1.29 is 9.90 Å². The van der Waals surface area contributed by atoms with E-state index in [1.807, 2.05) is 50.3 Å². The fraction of sp³-hybridized carbons (Fsp3) is 0.562. The largest absolute Gasteiger partial charge is 0.481 e. The normalized spacial score (nSPS) is 12.0. The summed E-state index contributed by atoms with van der Waals surface area (Å²) in [5.74, 6) is -0.558. The Kier molecular flexibility index (Phi) is 8.08. The van der Waals surface area contributed by atoms with Gasteiger partial charge in [0.25, 0.3) is 0 Å². The number of carboxylic acid groups (broad SMARTS) is 1. The summed E-state index contributed by atoms with van der Waals surface area (Å²) in [5.41, 5.74) is 2.14. The first kappa shape index (κ1) is 17.6. The lowest BCUT2D eigenvalue weighted by Crippen LogP contribution is -2.07. The van der Waals surface area contributed by atoms with E-state index in [2.05, 4.69) is 13.8 Å². The van der Waals surface area contributed by atoms with E-state index in [0.29, 0.717) is 5.92 Å².